The van der Waals surface area contributed by atoms with Gasteiger partial charge in [0.1, 0.15) is 0 Å². The molecule has 4 rings (SSSR count). The van der Waals surface area contributed by atoms with Crippen LogP contribution in [-0.2, 0) is 4.74 Å². The van der Waals surface area contributed by atoms with Gasteiger partial charge in [-0.1, -0.05) is 0 Å². The van der Waals surface area contributed by atoms with Crippen LogP contribution in [0.25, 0.3) is 0 Å². The van der Waals surface area contributed by atoms with Crippen molar-refractivity contribution in [2.75, 3.05) is 0 Å². The van der Waals surface area contributed by atoms with Gasteiger partial charge in [0, 0.05) is 5.92 Å². The van der Waals surface area contributed by atoms with E-state index in [1.165, 1.54) is 6.42 Å². The van der Waals surface area contributed by atoms with Crippen LogP contribution in [0.1, 0.15) is 33.6 Å². The summed E-state index contributed by atoms with van der Waals surface area (Å²) in [6.45, 7) is 6.16. The SMILES string of the molecule is CC12O[C@@]3(C)CC[C@@H]1C2[C@]3(C)O. The van der Waals surface area contributed by atoms with Gasteiger partial charge < -0.3 is 9.84 Å². The summed E-state index contributed by atoms with van der Waals surface area (Å²) >= 11 is 0. The maximum Gasteiger partial charge on any atom is 0.0964 e. The number of ether oxygens (including phenoxy) is 1. The average Bonchev–Trinajstić information content (AvgIpc) is 2.47. The first kappa shape index (κ1) is 7.34. The Balaban J connectivity index is 2.11. The summed E-state index contributed by atoms with van der Waals surface area (Å²) in [6, 6.07) is 0. The van der Waals surface area contributed by atoms with E-state index >= 15 is 0 Å². The predicted octanol–water partition coefficient (Wildman–Crippen LogP) is 1.32. The molecule has 2 heteroatoms. The second kappa shape index (κ2) is 1.48. The molecule has 2 heterocycles. The second-order valence-corrected chi connectivity index (χ2v) is 5.29. The number of hydrogen-bond donors (Lipinski definition) is 1. The summed E-state index contributed by atoms with van der Waals surface area (Å²) < 4.78 is 5.97. The van der Waals surface area contributed by atoms with Gasteiger partial charge in [-0.05, 0) is 39.5 Å². The maximum absolute atomic E-state index is 10.3. The lowest BCUT2D eigenvalue weighted by Crippen LogP contribution is -2.53. The van der Waals surface area contributed by atoms with Crippen molar-refractivity contribution in [1.82, 2.24) is 0 Å². The van der Waals surface area contributed by atoms with E-state index in [0.29, 0.717) is 11.8 Å². The van der Waals surface area contributed by atoms with E-state index in [1.54, 1.807) is 0 Å². The lowest BCUT2D eigenvalue weighted by Gasteiger charge is -2.44. The molecule has 12 heavy (non-hydrogen) atoms. The second-order valence-electron chi connectivity index (χ2n) is 5.29. The van der Waals surface area contributed by atoms with Crippen molar-refractivity contribution in [1.29, 1.82) is 0 Å². The molecule has 4 aliphatic rings. The molecule has 2 aliphatic heterocycles. The van der Waals surface area contributed by atoms with Crippen molar-refractivity contribution < 1.29 is 9.84 Å². The Morgan fingerprint density at radius 3 is 2.33 bits per heavy atom. The van der Waals surface area contributed by atoms with Crippen molar-refractivity contribution in [3.8, 4) is 0 Å². The van der Waals surface area contributed by atoms with Gasteiger partial charge in [0.15, 0.2) is 0 Å². The first-order valence-corrected chi connectivity index (χ1v) is 4.84. The van der Waals surface area contributed by atoms with Gasteiger partial charge >= 0.3 is 0 Å². The summed E-state index contributed by atoms with van der Waals surface area (Å²) in [5, 5.41) is 10.3. The molecule has 5 atom stereocenters. The summed E-state index contributed by atoms with van der Waals surface area (Å²) in [5.41, 5.74) is -0.817. The lowest BCUT2D eigenvalue weighted by molar-refractivity contribution is -0.184. The van der Waals surface area contributed by atoms with Crippen LogP contribution in [0.2, 0.25) is 0 Å². The molecule has 2 nitrogen and oxygen atoms in total. The zero-order valence-electron chi connectivity index (χ0n) is 7.92. The highest BCUT2D eigenvalue weighted by Crippen LogP contribution is 2.74. The van der Waals surface area contributed by atoms with Gasteiger partial charge in [0.2, 0.25) is 0 Å². The predicted molar refractivity (Wildman–Crippen MR) is 44.7 cm³/mol. The van der Waals surface area contributed by atoms with E-state index in [1.807, 2.05) is 6.92 Å². The molecule has 0 aromatic heterocycles. The molecule has 4 bridgehead atoms. The van der Waals surface area contributed by atoms with Crippen LogP contribution in [0, 0.1) is 11.8 Å². The van der Waals surface area contributed by atoms with Crippen molar-refractivity contribution in [2.45, 2.75) is 50.4 Å². The first-order valence-electron chi connectivity index (χ1n) is 4.84. The van der Waals surface area contributed by atoms with Crippen molar-refractivity contribution in [2.24, 2.45) is 11.8 Å². The molecule has 0 spiro atoms. The van der Waals surface area contributed by atoms with E-state index in [9.17, 15) is 5.11 Å². The minimum Gasteiger partial charge on any atom is -0.387 e. The average molecular weight is 168 g/mol. The van der Waals surface area contributed by atoms with Crippen LogP contribution in [-0.4, -0.2) is 21.9 Å². The molecule has 1 N–H and O–H groups in total. The highest BCUT2D eigenvalue weighted by Gasteiger charge is 2.82. The van der Waals surface area contributed by atoms with Crippen LogP contribution >= 0.6 is 0 Å². The largest absolute Gasteiger partial charge is 0.387 e. The number of rotatable bonds is 0. The van der Waals surface area contributed by atoms with Crippen LogP contribution < -0.4 is 0 Å². The van der Waals surface area contributed by atoms with Crippen LogP contribution in [0.3, 0.4) is 0 Å². The summed E-state index contributed by atoms with van der Waals surface area (Å²) in [7, 11) is 0. The van der Waals surface area contributed by atoms with Gasteiger partial charge in [-0.15, -0.1) is 0 Å². The summed E-state index contributed by atoms with van der Waals surface area (Å²) in [4.78, 5) is 0. The van der Waals surface area contributed by atoms with E-state index in [0.717, 1.165) is 6.42 Å². The molecule has 2 saturated heterocycles. The number of fused-ring (bicyclic) bond motifs is 1. The Labute approximate surface area is 72.9 Å². The van der Waals surface area contributed by atoms with E-state index in [-0.39, 0.29) is 11.2 Å². The topological polar surface area (TPSA) is 29.5 Å². The summed E-state index contributed by atoms with van der Waals surface area (Å²) in [6.07, 6.45) is 2.27. The Bertz CT molecular complexity index is 258. The van der Waals surface area contributed by atoms with Crippen molar-refractivity contribution >= 4 is 0 Å². The van der Waals surface area contributed by atoms with Crippen molar-refractivity contribution in [3.63, 3.8) is 0 Å². The zero-order valence-corrected chi connectivity index (χ0v) is 7.92. The van der Waals surface area contributed by atoms with Gasteiger partial charge in [-0.3, -0.25) is 0 Å². The van der Waals surface area contributed by atoms with Crippen LogP contribution in [0.15, 0.2) is 0 Å². The fourth-order valence-electron chi connectivity index (χ4n) is 3.77. The molecular weight excluding hydrogens is 152 g/mol. The highest BCUT2D eigenvalue weighted by atomic mass is 16.6. The van der Waals surface area contributed by atoms with E-state index in [2.05, 4.69) is 13.8 Å². The van der Waals surface area contributed by atoms with Gasteiger partial charge in [0.05, 0.1) is 16.8 Å². The molecule has 0 radical (unpaired) electrons. The highest BCUT2D eigenvalue weighted by molar-refractivity contribution is 5.31. The molecule has 2 saturated carbocycles. The minimum atomic E-state index is -0.579. The maximum atomic E-state index is 10.3. The molecule has 0 amide bonds. The van der Waals surface area contributed by atoms with Gasteiger partial charge in [0.25, 0.3) is 0 Å². The third-order valence-electron chi connectivity index (χ3n) is 4.70. The molecule has 0 aromatic carbocycles. The lowest BCUT2D eigenvalue weighted by atomic mass is 9.74. The molecule has 4 fully saturated rings. The van der Waals surface area contributed by atoms with E-state index < -0.39 is 5.60 Å². The molecule has 68 valence electrons. The van der Waals surface area contributed by atoms with Crippen LogP contribution in [0.5, 0.6) is 0 Å². The zero-order chi connectivity index (χ0) is 8.78. The number of aliphatic hydroxyl groups is 1. The van der Waals surface area contributed by atoms with Crippen LogP contribution in [0.4, 0.5) is 0 Å². The third kappa shape index (κ3) is 0.471. The number of hydrogen-bond acceptors (Lipinski definition) is 2. The van der Waals surface area contributed by atoms with E-state index in [4.69, 9.17) is 4.74 Å². The Hall–Kier alpha value is -0.0800. The Morgan fingerprint density at radius 1 is 1.33 bits per heavy atom. The molecule has 0 aromatic rings. The fraction of sp³-hybridized carbons (Fsp3) is 1.00. The minimum absolute atomic E-state index is 0.0243. The molecule has 2 aliphatic carbocycles. The normalized spacial score (nSPS) is 73.0. The first-order chi connectivity index (χ1) is 5.42. The molecule has 2 unspecified atom stereocenters. The van der Waals surface area contributed by atoms with Gasteiger partial charge in [-0.25, -0.2) is 0 Å². The fourth-order valence-corrected chi connectivity index (χ4v) is 3.77. The van der Waals surface area contributed by atoms with Crippen molar-refractivity contribution in [3.05, 3.63) is 0 Å². The Morgan fingerprint density at radius 2 is 2.00 bits per heavy atom. The third-order valence-corrected chi connectivity index (χ3v) is 4.70. The monoisotopic (exact) mass is 168 g/mol. The standard InChI is InChI=1S/C10H16O2/c1-8-5-4-6-7(10(8,3)11)9(6,2)12-8/h6-7,11H,4-5H2,1-3H3/t6-,7?,8+,9?,10+/m1/s1. The smallest absolute Gasteiger partial charge is 0.0964 e. The molecular formula is C10H16O2. The quantitative estimate of drug-likeness (QED) is 0.591. The summed E-state index contributed by atoms with van der Waals surface area (Å²) in [5.74, 6) is 1.04. The Kier molecular flexibility index (Phi) is 0.906. The van der Waals surface area contributed by atoms with Gasteiger partial charge in [-0.2, -0.15) is 0 Å².